The average molecular weight is 488 g/mol. The van der Waals surface area contributed by atoms with Crippen molar-refractivity contribution in [1.82, 2.24) is 15.3 Å². The highest BCUT2D eigenvalue weighted by molar-refractivity contribution is 7.17. The van der Waals surface area contributed by atoms with E-state index in [9.17, 15) is 14.7 Å². The van der Waals surface area contributed by atoms with Crippen molar-refractivity contribution in [3.8, 4) is 0 Å². The van der Waals surface area contributed by atoms with Gasteiger partial charge in [0.2, 0.25) is 0 Å². The first-order chi connectivity index (χ1) is 14.8. The van der Waals surface area contributed by atoms with E-state index in [1.807, 2.05) is 4.90 Å². The lowest BCUT2D eigenvalue weighted by atomic mass is 10.0. The Morgan fingerprint density at radius 2 is 2.23 bits per heavy atom. The third-order valence-corrected chi connectivity index (χ3v) is 6.99. The largest absolute Gasteiger partial charge is 0.477 e. The van der Waals surface area contributed by atoms with Crippen LogP contribution in [-0.4, -0.2) is 59.3 Å². The summed E-state index contributed by atoms with van der Waals surface area (Å²) in [5.74, 6) is -1.52. The molecule has 1 amide bonds. The summed E-state index contributed by atoms with van der Waals surface area (Å²) in [6.07, 6.45) is 0.156. The molecule has 0 bridgehead atoms. The second-order valence-corrected chi connectivity index (χ2v) is 8.54. The van der Waals surface area contributed by atoms with E-state index in [0.717, 1.165) is 11.3 Å². The summed E-state index contributed by atoms with van der Waals surface area (Å²) in [6.45, 7) is 2.47. The molecule has 2 atom stereocenters. The first-order valence-electron chi connectivity index (χ1n) is 9.12. The van der Waals surface area contributed by atoms with Gasteiger partial charge in [0.1, 0.15) is 10.6 Å². The number of nitrogens with one attached hydrogen (secondary N) is 2. The molecule has 0 aromatic carbocycles. The first kappa shape index (κ1) is 23.2. The zero-order valence-corrected chi connectivity index (χ0v) is 18.9. The summed E-state index contributed by atoms with van der Waals surface area (Å²) in [5.41, 5.74) is 9.51. The molecule has 3 rings (SSSR count). The van der Waals surface area contributed by atoms with Crippen molar-refractivity contribution in [2.75, 3.05) is 25.1 Å². The van der Waals surface area contributed by atoms with Gasteiger partial charge in [-0.05, 0) is 18.9 Å². The normalized spacial score (nSPS) is 18.5. The van der Waals surface area contributed by atoms with Crippen molar-refractivity contribution in [2.24, 2.45) is 5.11 Å². The molecule has 31 heavy (non-hydrogen) atoms. The maximum absolute atomic E-state index is 12.7. The topological polar surface area (TPSA) is 156 Å². The fraction of sp³-hybridized carbons (Fsp3) is 0.471. The summed E-state index contributed by atoms with van der Waals surface area (Å²) in [7, 11) is 1.54. The van der Waals surface area contributed by atoms with Gasteiger partial charge in [-0.25, -0.2) is 9.78 Å². The van der Waals surface area contributed by atoms with Crippen LogP contribution in [0.3, 0.4) is 0 Å². The molecule has 1 saturated heterocycles. The summed E-state index contributed by atoms with van der Waals surface area (Å²) >= 11 is 13.2. The molecule has 3 N–H and O–H groups in total. The number of aromatic nitrogens is 2. The van der Waals surface area contributed by atoms with Gasteiger partial charge < -0.3 is 25.0 Å². The van der Waals surface area contributed by atoms with Crippen LogP contribution in [0.25, 0.3) is 10.4 Å². The number of aromatic amines is 1. The minimum absolute atomic E-state index is 0.0282. The number of hydrogen-bond donors (Lipinski definition) is 3. The SMILES string of the molecule is CO[C@H]1CN(c2nc(CN=[N+]=[N-])c(C(=O)O)s2)CC[C@H]1NC(=O)c1[nH]c(C)c(Cl)c1Cl. The van der Waals surface area contributed by atoms with Crippen LogP contribution in [0.15, 0.2) is 5.11 Å². The van der Waals surface area contributed by atoms with E-state index >= 15 is 0 Å². The zero-order chi connectivity index (χ0) is 22.7. The van der Waals surface area contributed by atoms with Crippen molar-refractivity contribution in [2.45, 2.75) is 32.0 Å². The number of carboxylic acids is 1. The Labute approximate surface area is 190 Å². The van der Waals surface area contributed by atoms with Crippen LogP contribution < -0.4 is 10.2 Å². The average Bonchev–Trinajstić information content (AvgIpc) is 3.29. The number of carboxylic acid groups (broad SMARTS) is 1. The molecule has 2 aromatic rings. The fourth-order valence-corrected chi connectivity index (χ4v) is 4.68. The molecule has 1 aliphatic heterocycles. The number of H-pyrrole nitrogens is 1. The summed E-state index contributed by atoms with van der Waals surface area (Å²) < 4.78 is 5.57. The van der Waals surface area contributed by atoms with E-state index in [-0.39, 0.29) is 45.9 Å². The number of carbonyl (C=O) groups is 2. The molecule has 14 heteroatoms. The number of azide groups is 1. The zero-order valence-electron chi connectivity index (χ0n) is 16.6. The number of anilines is 1. The Morgan fingerprint density at radius 1 is 1.48 bits per heavy atom. The molecule has 0 spiro atoms. The van der Waals surface area contributed by atoms with E-state index in [2.05, 4.69) is 25.3 Å². The molecule has 0 unspecified atom stereocenters. The minimum atomic E-state index is -1.13. The van der Waals surface area contributed by atoms with Gasteiger partial charge in [0, 0.05) is 30.8 Å². The summed E-state index contributed by atoms with van der Waals surface area (Å²) in [4.78, 5) is 35.9. The molecule has 0 aliphatic carbocycles. The third kappa shape index (κ3) is 4.89. The van der Waals surface area contributed by atoms with Crippen molar-refractivity contribution in [3.63, 3.8) is 0 Å². The molecule has 0 radical (unpaired) electrons. The van der Waals surface area contributed by atoms with Crippen molar-refractivity contribution >= 4 is 51.5 Å². The molecular weight excluding hydrogens is 469 g/mol. The van der Waals surface area contributed by atoms with Gasteiger partial charge in [0.05, 0.1) is 34.4 Å². The Hall–Kier alpha value is -2.50. The molecule has 166 valence electrons. The molecular formula is C17H19Cl2N7O4S. The van der Waals surface area contributed by atoms with Gasteiger partial charge >= 0.3 is 5.97 Å². The molecule has 2 aromatic heterocycles. The van der Waals surface area contributed by atoms with Crippen molar-refractivity contribution in [1.29, 1.82) is 0 Å². The predicted octanol–water partition coefficient (Wildman–Crippen LogP) is 3.62. The quantitative estimate of drug-likeness (QED) is 0.307. The van der Waals surface area contributed by atoms with Gasteiger partial charge in [-0.3, -0.25) is 4.79 Å². The monoisotopic (exact) mass is 487 g/mol. The lowest BCUT2D eigenvalue weighted by Gasteiger charge is -2.37. The number of carbonyl (C=O) groups excluding carboxylic acids is 1. The highest BCUT2D eigenvalue weighted by Crippen LogP contribution is 2.31. The number of aromatic carboxylic acids is 1. The lowest BCUT2D eigenvalue weighted by Crippen LogP contribution is -2.55. The van der Waals surface area contributed by atoms with Crippen LogP contribution in [0.1, 0.15) is 38.0 Å². The van der Waals surface area contributed by atoms with E-state index in [0.29, 0.717) is 35.4 Å². The number of rotatable bonds is 7. The summed E-state index contributed by atoms with van der Waals surface area (Å²) in [6, 6.07) is -0.297. The Morgan fingerprint density at radius 3 is 2.81 bits per heavy atom. The highest BCUT2D eigenvalue weighted by Gasteiger charge is 2.33. The number of methoxy groups -OCH3 is 1. The number of halogens is 2. The second-order valence-electron chi connectivity index (χ2n) is 6.81. The predicted molar refractivity (Wildman–Crippen MR) is 116 cm³/mol. The van der Waals surface area contributed by atoms with Crippen LogP contribution in [0, 0.1) is 6.92 Å². The molecule has 1 fully saturated rings. The van der Waals surface area contributed by atoms with Gasteiger partial charge in [-0.2, -0.15) is 0 Å². The Bertz CT molecular complexity index is 1050. The van der Waals surface area contributed by atoms with E-state index in [4.69, 9.17) is 33.5 Å². The smallest absolute Gasteiger partial charge is 0.347 e. The van der Waals surface area contributed by atoms with Crippen LogP contribution in [-0.2, 0) is 11.3 Å². The van der Waals surface area contributed by atoms with Gasteiger partial charge in [-0.1, -0.05) is 39.7 Å². The number of ether oxygens (including phenoxy) is 1. The molecule has 11 nitrogen and oxygen atoms in total. The number of hydrogen-bond acceptors (Lipinski definition) is 7. The first-order valence-corrected chi connectivity index (χ1v) is 10.7. The maximum Gasteiger partial charge on any atom is 0.347 e. The van der Waals surface area contributed by atoms with Crippen molar-refractivity contribution < 1.29 is 19.4 Å². The number of thiazole rings is 1. The van der Waals surface area contributed by atoms with E-state index in [1.54, 1.807) is 6.92 Å². The van der Waals surface area contributed by atoms with Gasteiger partial charge in [0.15, 0.2) is 5.13 Å². The standard InChI is InChI=1S/C17H19Cl2N7O4S/c1-7-11(18)12(19)13(22-7)15(27)23-8-3-4-26(6-10(8)30-2)17-24-9(5-21-25-20)14(31-17)16(28)29/h8,10,22H,3-6H2,1-2H3,(H,23,27)(H,28,29)/t8-,10+/m1/s1. The molecule has 3 heterocycles. The van der Waals surface area contributed by atoms with Crippen LogP contribution >= 0.6 is 34.5 Å². The van der Waals surface area contributed by atoms with Crippen molar-refractivity contribution in [3.05, 3.63) is 42.4 Å². The Kier molecular flexibility index (Phi) is 7.29. The molecule has 0 saturated carbocycles. The van der Waals surface area contributed by atoms with Gasteiger partial charge in [-0.15, -0.1) is 0 Å². The van der Waals surface area contributed by atoms with E-state index in [1.165, 1.54) is 7.11 Å². The van der Waals surface area contributed by atoms with Crippen LogP contribution in [0.4, 0.5) is 5.13 Å². The number of aryl methyl sites for hydroxylation is 1. The number of piperidine rings is 1. The third-order valence-electron chi connectivity index (χ3n) is 4.89. The van der Waals surface area contributed by atoms with Crippen LogP contribution in [0.2, 0.25) is 10.0 Å². The fourth-order valence-electron chi connectivity index (χ4n) is 3.31. The Balaban J connectivity index is 1.73. The maximum atomic E-state index is 12.7. The van der Waals surface area contributed by atoms with Gasteiger partial charge in [0.25, 0.3) is 5.91 Å². The number of nitrogens with zero attached hydrogens (tertiary/aromatic N) is 5. The summed E-state index contributed by atoms with van der Waals surface area (Å²) in [5, 5.41) is 16.7. The van der Waals surface area contributed by atoms with Crippen LogP contribution in [0.5, 0.6) is 0 Å². The molecule has 1 aliphatic rings. The second kappa shape index (κ2) is 9.75. The minimum Gasteiger partial charge on any atom is -0.477 e. The highest BCUT2D eigenvalue weighted by atomic mass is 35.5. The van der Waals surface area contributed by atoms with E-state index < -0.39 is 5.97 Å². The number of amides is 1. The lowest BCUT2D eigenvalue weighted by molar-refractivity contribution is 0.0540.